The molecule has 2 aromatic carbocycles. The van der Waals surface area contributed by atoms with Crippen LogP contribution in [0.15, 0.2) is 47.8 Å². The molecule has 4 heteroatoms. The second-order valence-electron chi connectivity index (χ2n) is 5.13. The molecule has 108 valence electrons. The monoisotopic (exact) mass is 316 g/mol. The topological polar surface area (TPSA) is 38.0 Å². The number of fused-ring (bicyclic) bond motifs is 1. The number of hydrogen-bond donors (Lipinski definition) is 2. The van der Waals surface area contributed by atoms with E-state index in [1.807, 2.05) is 19.1 Å². The summed E-state index contributed by atoms with van der Waals surface area (Å²) in [7, 11) is 0. The highest BCUT2D eigenvalue weighted by atomic mass is 35.5. The molecule has 0 aliphatic rings. The Hall–Kier alpha value is -1.39. The number of nitrogens with two attached hydrogens (primary N) is 1. The van der Waals surface area contributed by atoms with Gasteiger partial charge in [0.1, 0.15) is 0 Å². The van der Waals surface area contributed by atoms with Gasteiger partial charge in [0.2, 0.25) is 0 Å². The van der Waals surface area contributed by atoms with Gasteiger partial charge in [-0.2, -0.15) is 0 Å². The maximum absolute atomic E-state index is 6.23. The number of rotatable bonds is 4. The van der Waals surface area contributed by atoms with Crippen molar-refractivity contribution in [2.45, 2.75) is 19.4 Å². The van der Waals surface area contributed by atoms with Gasteiger partial charge in [-0.1, -0.05) is 41.9 Å². The average Bonchev–Trinajstić information content (AvgIpc) is 2.91. The third kappa shape index (κ3) is 2.83. The van der Waals surface area contributed by atoms with Crippen molar-refractivity contribution in [1.29, 1.82) is 0 Å². The van der Waals surface area contributed by atoms with Crippen molar-refractivity contribution >= 4 is 33.0 Å². The summed E-state index contributed by atoms with van der Waals surface area (Å²) in [5, 5.41) is 4.31. The Labute approximate surface area is 133 Å². The minimum absolute atomic E-state index is 0.0571. The quantitative estimate of drug-likeness (QED) is 0.545. The van der Waals surface area contributed by atoms with Crippen molar-refractivity contribution in [3.05, 3.63) is 69.6 Å². The molecule has 3 aromatic rings. The Bertz CT molecular complexity index is 766. The van der Waals surface area contributed by atoms with Crippen LogP contribution in [0.1, 0.15) is 22.7 Å². The van der Waals surface area contributed by atoms with Gasteiger partial charge < -0.3 is 0 Å². The largest absolute Gasteiger partial charge is 0.271 e. The van der Waals surface area contributed by atoms with Gasteiger partial charge in [0.05, 0.1) is 6.04 Å². The van der Waals surface area contributed by atoms with Gasteiger partial charge in [-0.05, 0) is 52.9 Å². The van der Waals surface area contributed by atoms with Crippen molar-refractivity contribution in [2.24, 2.45) is 5.84 Å². The van der Waals surface area contributed by atoms with E-state index < -0.39 is 0 Å². The second kappa shape index (κ2) is 6.16. The molecule has 1 heterocycles. The van der Waals surface area contributed by atoms with Gasteiger partial charge in [0, 0.05) is 9.72 Å². The van der Waals surface area contributed by atoms with Crippen LogP contribution in [0.4, 0.5) is 0 Å². The lowest BCUT2D eigenvalue weighted by Gasteiger charge is -2.19. The van der Waals surface area contributed by atoms with Crippen molar-refractivity contribution < 1.29 is 0 Å². The molecule has 2 nitrogen and oxygen atoms in total. The third-order valence-corrected chi connectivity index (χ3v) is 5.29. The molecule has 3 N–H and O–H groups in total. The van der Waals surface area contributed by atoms with Gasteiger partial charge in [-0.3, -0.25) is 11.3 Å². The fraction of sp³-hybridized carbons (Fsp3) is 0.176. The number of benzene rings is 2. The van der Waals surface area contributed by atoms with Crippen LogP contribution in [0.3, 0.4) is 0 Å². The molecule has 1 atom stereocenters. The molecule has 0 amide bonds. The SMILES string of the molecule is Cc1c(Cl)cccc1C(Cc1csc2ccccc12)NN. The fourth-order valence-electron chi connectivity index (χ4n) is 2.67. The molecule has 0 saturated heterocycles. The average molecular weight is 317 g/mol. The van der Waals surface area contributed by atoms with E-state index in [1.54, 1.807) is 11.3 Å². The summed E-state index contributed by atoms with van der Waals surface area (Å²) in [5.74, 6) is 5.79. The first kappa shape index (κ1) is 14.5. The minimum atomic E-state index is 0.0571. The summed E-state index contributed by atoms with van der Waals surface area (Å²) in [4.78, 5) is 0. The molecule has 0 aliphatic carbocycles. The molecule has 3 rings (SSSR count). The van der Waals surface area contributed by atoms with Crippen molar-refractivity contribution in [1.82, 2.24) is 5.43 Å². The van der Waals surface area contributed by atoms with Crippen molar-refractivity contribution in [2.75, 3.05) is 0 Å². The van der Waals surface area contributed by atoms with E-state index >= 15 is 0 Å². The Morgan fingerprint density at radius 2 is 2.00 bits per heavy atom. The summed E-state index contributed by atoms with van der Waals surface area (Å²) in [6.45, 7) is 2.04. The van der Waals surface area contributed by atoms with E-state index in [0.717, 1.165) is 22.6 Å². The summed E-state index contributed by atoms with van der Waals surface area (Å²) in [5.41, 5.74) is 6.49. The highest BCUT2D eigenvalue weighted by Crippen LogP contribution is 2.31. The first-order valence-corrected chi connectivity index (χ1v) is 8.12. The lowest BCUT2D eigenvalue weighted by atomic mass is 9.95. The van der Waals surface area contributed by atoms with E-state index in [2.05, 4.69) is 41.1 Å². The smallest absolute Gasteiger partial charge is 0.0503 e. The van der Waals surface area contributed by atoms with Crippen LogP contribution in [0.5, 0.6) is 0 Å². The first-order valence-electron chi connectivity index (χ1n) is 6.87. The van der Waals surface area contributed by atoms with Crippen molar-refractivity contribution in [3.63, 3.8) is 0 Å². The van der Waals surface area contributed by atoms with E-state index in [0.29, 0.717) is 0 Å². The van der Waals surface area contributed by atoms with E-state index in [-0.39, 0.29) is 6.04 Å². The molecule has 0 radical (unpaired) electrons. The Kier molecular flexibility index (Phi) is 4.27. The summed E-state index contributed by atoms with van der Waals surface area (Å²) < 4.78 is 1.31. The highest BCUT2D eigenvalue weighted by molar-refractivity contribution is 7.17. The minimum Gasteiger partial charge on any atom is -0.271 e. The predicted molar refractivity (Wildman–Crippen MR) is 91.8 cm³/mol. The third-order valence-electron chi connectivity index (χ3n) is 3.87. The molecule has 0 spiro atoms. The molecule has 0 aliphatic heterocycles. The number of nitrogens with one attached hydrogen (secondary N) is 1. The van der Waals surface area contributed by atoms with Crippen LogP contribution in [0.2, 0.25) is 5.02 Å². The lowest BCUT2D eigenvalue weighted by Crippen LogP contribution is -2.30. The number of hydrazine groups is 1. The zero-order chi connectivity index (χ0) is 14.8. The van der Waals surface area contributed by atoms with Gasteiger partial charge in [0.15, 0.2) is 0 Å². The molecule has 21 heavy (non-hydrogen) atoms. The van der Waals surface area contributed by atoms with Gasteiger partial charge in [0.25, 0.3) is 0 Å². The van der Waals surface area contributed by atoms with Crippen LogP contribution in [-0.4, -0.2) is 0 Å². The van der Waals surface area contributed by atoms with Crippen LogP contribution in [-0.2, 0) is 6.42 Å². The maximum Gasteiger partial charge on any atom is 0.0503 e. The van der Waals surface area contributed by atoms with Crippen molar-refractivity contribution in [3.8, 4) is 0 Å². The number of halogens is 1. The molecular weight excluding hydrogens is 300 g/mol. The fourth-order valence-corrected chi connectivity index (χ4v) is 3.83. The zero-order valence-corrected chi connectivity index (χ0v) is 13.3. The standard InChI is InChI=1S/C17H17ClN2S/c1-11-13(6-4-7-15(11)18)16(20-19)9-12-10-21-17-8-3-2-5-14(12)17/h2-8,10,16,20H,9,19H2,1H3. The van der Waals surface area contributed by atoms with Crippen LogP contribution in [0.25, 0.3) is 10.1 Å². The van der Waals surface area contributed by atoms with Crippen LogP contribution in [0, 0.1) is 6.92 Å². The van der Waals surface area contributed by atoms with Crippen LogP contribution >= 0.6 is 22.9 Å². The van der Waals surface area contributed by atoms with Gasteiger partial charge >= 0.3 is 0 Å². The second-order valence-corrected chi connectivity index (χ2v) is 6.45. The highest BCUT2D eigenvalue weighted by Gasteiger charge is 2.16. The molecular formula is C17H17ClN2S. The molecule has 0 bridgehead atoms. The van der Waals surface area contributed by atoms with Gasteiger partial charge in [-0.15, -0.1) is 11.3 Å². The summed E-state index contributed by atoms with van der Waals surface area (Å²) in [6.07, 6.45) is 0.849. The lowest BCUT2D eigenvalue weighted by molar-refractivity contribution is 0.551. The Morgan fingerprint density at radius 1 is 1.19 bits per heavy atom. The van der Waals surface area contributed by atoms with E-state index in [9.17, 15) is 0 Å². The maximum atomic E-state index is 6.23. The first-order chi connectivity index (χ1) is 10.2. The predicted octanol–water partition coefficient (Wildman–Crippen LogP) is 4.61. The molecule has 0 saturated carbocycles. The van der Waals surface area contributed by atoms with Gasteiger partial charge in [-0.25, -0.2) is 0 Å². The molecule has 0 fully saturated rings. The Morgan fingerprint density at radius 3 is 2.81 bits per heavy atom. The van der Waals surface area contributed by atoms with Crippen LogP contribution < -0.4 is 11.3 Å². The molecule has 1 unspecified atom stereocenters. The normalized spacial score (nSPS) is 12.7. The van der Waals surface area contributed by atoms with E-state index in [4.69, 9.17) is 17.4 Å². The number of hydrogen-bond acceptors (Lipinski definition) is 3. The molecule has 1 aromatic heterocycles. The number of thiophene rings is 1. The zero-order valence-electron chi connectivity index (χ0n) is 11.8. The van der Waals surface area contributed by atoms with E-state index in [1.165, 1.54) is 15.6 Å². The summed E-state index contributed by atoms with van der Waals surface area (Å²) >= 11 is 8.00. The summed E-state index contributed by atoms with van der Waals surface area (Å²) in [6, 6.07) is 14.5. The Balaban J connectivity index is 1.96.